The predicted molar refractivity (Wildman–Crippen MR) is 158 cm³/mol. The molecule has 0 saturated heterocycles. The standard InChI is InChI=1S/C19H19O3S.3C4H9.Sn/c1-22-15-14-18(13-12-17-8-4-2-5-9-17)16-23(20,21)19-10-6-3-7-11-19;3*1-3-4-2;/h2-12,16H,14-15H2,1H3;3*1,3-4H2,2H3;/b13-12?,18-16-;;;;. The Balaban J connectivity index is 2.81. The molecule has 0 atom stereocenters. The Bertz CT molecular complexity index is 1020. The second-order valence-electron chi connectivity index (χ2n) is 9.80. The fourth-order valence-electron chi connectivity index (χ4n) is 4.96. The van der Waals surface area contributed by atoms with Crippen LogP contribution in [0, 0.1) is 0 Å². The van der Waals surface area contributed by atoms with Crippen LogP contribution >= 0.6 is 0 Å². The Morgan fingerprint density at radius 3 is 1.78 bits per heavy atom. The van der Waals surface area contributed by atoms with Gasteiger partial charge in [0.1, 0.15) is 0 Å². The number of rotatable bonds is 17. The second kappa shape index (κ2) is 16.5. The topological polar surface area (TPSA) is 43.4 Å². The van der Waals surface area contributed by atoms with Crippen molar-refractivity contribution in [3.63, 3.8) is 0 Å². The van der Waals surface area contributed by atoms with Crippen LogP contribution in [-0.4, -0.2) is 40.5 Å². The third-order valence-electron chi connectivity index (χ3n) is 7.00. The molecule has 0 aliphatic carbocycles. The Labute approximate surface area is 224 Å². The zero-order chi connectivity index (χ0) is 26.3. The zero-order valence-corrected chi connectivity index (χ0v) is 26.5. The molecule has 0 fully saturated rings. The molecule has 0 radical (unpaired) electrons. The summed E-state index contributed by atoms with van der Waals surface area (Å²) in [6.45, 7) is 7.34. The van der Waals surface area contributed by atoms with E-state index in [4.69, 9.17) is 4.74 Å². The summed E-state index contributed by atoms with van der Waals surface area (Å²) in [5.41, 5.74) is 2.14. The summed E-state index contributed by atoms with van der Waals surface area (Å²) < 4.78 is 38.0. The van der Waals surface area contributed by atoms with Gasteiger partial charge in [0.25, 0.3) is 0 Å². The molecule has 2 rings (SSSR count). The maximum absolute atomic E-state index is 13.6. The van der Waals surface area contributed by atoms with Gasteiger partial charge in [0.05, 0.1) is 0 Å². The quantitative estimate of drug-likeness (QED) is 0.132. The number of allylic oxidation sites excluding steroid dienone is 1. The number of hydrogen-bond acceptors (Lipinski definition) is 3. The normalized spacial score (nSPS) is 13.2. The van der Waals surface area contributed by atoms with Crippen LogP contribution in [0.4, 0.5) is 0 Å². The van der Waals surface area contributed by atoms with Gasteiger partial charge in [-0.15, -0.1) is 0 Å². The summed E-state index contributed by atoms with van der Waals surface area (Å²) in [4.78, 5) is 0.357. The number of hydrogen-bond donors (Lipinski definition) is 0. The van der Waals surface area contributed by atoms with E-state index in [-0.39, 0.29) is 0 Å². The second-order valence-corrected chi connectivity index (χ2v) is 24.7. The first-order valence-electron chi connectivity index (χ1n) is 13.7. The van der Waals surface area contributed by atoms with Crippen LogP contribution in [0.3, 0.4) is 0 Å². The van der Waals surface area contributed by atoms with Crippen LogP contribution in [0.25, 0.3) is 6.08 Å². The molecule has 0 amide bonds. The van der Waals surface area contributed by atoms with E-state index in [1.807, 2.05) is 12.1 Å². The molecule has 0 bridgehead atoms. The Hall–Kier alpha value is -1.37. The summed E-state index contributed by atoms with van der Waals surface area (Å²) in [6, 6.07) is 19.3. The van der Waals surface area contributed by atoms with Crippen molar-refractivity contribution < 1.29 is 13.2 Å². The third kappa shape index (κ3) is 9.50. The van der Waals surface area contributed by atoms with Crippen LogP contribution in [0.15, 0.2) is 80.1 Å². The van der Waals surface area contributed by atoms with Crippen molar-refractivity contribution in [2.75, 3.05) is 13.7 Å². The van der Waals surface area contributed by atoms with Gasteiger partial charge in [-0.25, -0.2) is 0 Å². The molecule has 198 valence electrons. The minimum atomic E-state index is -3.57. The first kappa shape index (κ1) is 30.9. The van der Waals surface area contributed by atoms with Crippen molar-refractivity contribution in [3.05, 3.63) is 80.8 Å². The summed E-state index contributed by atoms with van der Waals surface area (Å²) in [7, 11) is -1.87. The summed E-state index contributed by atoms with van der Waals surface area (Å²) >= 11 is -3.01. The van der Waals surface area contributed by atoms with E-state index in [1.165, 1.54) is 61.0 Å². The van der Waals surface area contributed by atoms with Gasteiger partial charge in [-0.3, -0.25) is 0 Å². The molecule has 3 nitrogen and oxygen atoms in total. The van der Waals surface area contributed by atoms with Gasteiger partial charge in [0.15, 0.2) is 0 Å². The summed E-state index contributed by atoms with van der Waals surface area (Å²) in [6.07, 6.45) is 10.2. The maximum atomic E-state index is 13.6. The van der Waals surface area contributed by atoms with E-state index in [2.05, 4.69) is 51.1 Å². The van der Waals surface area contributed by atoms with E-state index < -0.39 is 28.2 Å². The first-order valence-corrected chi connectivity index (χ1v) is 22.7. The van der Waals surface area contributed by atoms with Gasteiger partial charge < -0.3 is 0 Å². The number of unbranched alkanes of at least 4 members (excludes halogenated alkanes) is 3. The van der Waals surface area contributed by atoms with Gasteiger partial charge in [0.2, 0.25) is 0 Å². The van der Waals surface area contributed by atoms with Gasteiger partial charge in [-0.2, -0.15) is 0 Å². The Kier molecular flexibility index (Phi) is 14.1. The van der Waals surface area contributed by atoms with Gasteiger partial charge in [-0.1, -0.05) is 0 Å². The zero-order valence-electron chi connectivity index (χ0n) is 22.8. The molecule has 2 aromatic carbocycles. The molecule has 0 unspecified atom stereocenters. The summed E-state index contributed by atoms with van der Waals surface area (Å²) in [5.74, 6) is 0. The van der Waals surface area contributed by atoms with E-state index in [0.717, 1.165) is 5.57 Å². The molecule has 0 N–H and O–H groups in total. The van der Waals surface area contributed by atoms with Crippen molar-refractivity contribution >= 4 is 34.3 Å². The molecule has 0 spiro atoms. The van der Waals surface area contributed by atoms with Crippen LogP contribution in [0.2, 0.25) is 13.3 Å². The summed E-state index contributed by atoms with van der Waals surface area (Å²) in [5, 5.41) is 1.59. The number of methoxy groups -OCH3 is 1. The van der Waals surface area contributed by atoms with Crippen LogP contribution in [0.5, 0.6) is 0 Å². The van der Waals surface area contributed by atoms with E-state index in [1.54, 1.807) is 36.8 Å². The number of sulfone groups is 1. The molecular weight excluding hydrogens is 571 g/mol. The molecular formula is C31H46O3SSn. The van der Waals surface area contributed by atoms with E-state index in [9.17, 15) is 8.42 Å². The molecule has 0 aliphatic rings. The molecule has 0 aromatic heterocycles. The van der Waals surface area contributed by atoms with Gasteiger partial charge >= 0.3 is 226 Å². The average Bonchev–Trinajstić information content (AvgIpc) is 2.91. The van der Waals surface area contributed by atoms with Gasteiger partial charge in [0, 0.05) is 0 Å². The Morgan fingerprint density at radius 2 is 1.31 bits per heavy atom. The molecule has 5 heteroatoms. The first-order chi connectivity index (χ1) is 17.4. The van der Waals surface area contributed by atoms with Crippen molar-refractivity contribution in [2.45, 2.75) is 83.9 Å². The number of ether oxygens (including phenoxy) is 1. The molecule has 0 heterocycles. The average molecular weight is 617 g/mol. The van der Waals surface area contributed by atoms with Crippen LogP contribution in [0.1, 0.15) is 71.3 Å². The van der Waals surface area contributed by atoms with E-state index in [0.29, 0.717) is 17.9 Å². The molecule has 36 heavy (non-hydrogen) atoms. The fourth-order valence-corrected chi connectivity index (χ4v) is 23.7. The third-order valence-corrected chi connectivity index (χ3v) is 24.3. The Morgan fingerprint density at radius 1 is 0.806 bits per heavy atom. The molecule has 2 aromatic rings. The molecule has 0 saturated carbocycles. The fraction of sp³-hybridized carbons (Fsp3) is 0.484. The van der Waals surface area contributed by atoms with Crippen LogP contribution in [-0.2, 0) is 14.6 Å². The van der Waals surface area contributed by atoms with E-state index >= 15 is 0 Å². The van der Waals surface area contributed by atoms with Crippen molar-refractivity contribution in [2.24, 2.45) is 0 Å². The monoisotopic (exact) mass is 618 g/mol. The van der Waals surface area contributed by atoms with Crippen LogP contribution < -0.4 is 0 Å². The SMILES string of the molecule is CCC[CH2][Sn]([CH2]CCC)([CH2]CCC)[C](=C/c1ccccc1)/C(=C/S(=O)(=O)c1ccccc1)CCOC. The predicted octanol–water partition coefficient (Wildman–Crippen LogP) is 8.85. The van der Waals surface area contributed by atoms with Crippen molar-refractivity contribution in [3.8, 4) is 0 Å². The molecule has 0 aliphatic heterocycles. The van der Waals surface area contributed by atoms with Crippen molar-refractivity contribution in [1.29, 1.82) is 0 Å². The minimum absolute atomic E-state index is 0.357. The number of benzene rings is 2. The van der Waals surface area contributed by atoms with Crippen molar-refractivity contribution in [1.82, 2.24) is 0 Å². The van der Waals surface area contributed by atoms with Gasteiger partial charge in [-0.05, 0) is 0 Å².